The fourth-order valence-corrected chi connectivity index (χ4v) is 5.11. The van der Waals surface area contributed by atoms with E-state index in [0.717, 1.165) is 24.0 Å². The summed E-state index contributed by atoms with van der Waals surface area (Å²) < 4.78 is 37.8. The maximum absolute atomic E-state index is 12.9. The quantitative estimate of drug-likeness (QED) is 0.256. The van der Waals surface area contributed by atoms with E-state index in [2.05, 4.69) is 9.28 Å². The average molecular weight is 540 g/mol. The minimum atomic E-state index is -4.33. The molecule has 1 heterocycles. The molecule has 188 valence electrons. The molecule has 0 aliphatic rings. The van der Waals surface area contributed by atoms with Crippen molar-refractivity contribution in [2.75, 3.05) is 6.61 Å². The van der Waals surface area contributed by atoms with E-state index in [4.69, 9.17) is 33.7 Å². The van der Waals surface area contributed by atoms with Crippen LogP contribution < -0.4 is 10.5 Å². The molecule has 35 heavy (non-hydrogen) atoms. The number of benzene rings is 2. The molecule has 1 unspecified atom stereocenters. The summed E-state index contributed by atoms with van der Waals surface area (Å²) in [4.78, 5) is 11.3. The maximum atomic E-state index is 12.9. The smallest absolute Gasteiger partial charge is 0.420 e. The van der Waals surface area contributed by atoms with Gasteiger partial charge in [0.25, 0.3) is 0 Å². The van der Waals surface area contributed by atoms with Crippen LogP contribution in [0.2, 0.25) is 10.0 Å². The Morgan fingerprint density at radius 3 is 2.51 bits per heavy atom. The molecule has 2 N–H and O–H groups in total. The Morgan fingerprint density at radius 2 is 1.86 bits per heavy atom. The average Bonchev–Trinajstić information content (AvgIpc) is 3.16. The van der Waals surface area contributed by atoms with Gasteiger partial charge >= 0.3 is 16.2 Å². The highest BCUT2D eigenvalue weighted by Gasteiger charge is 2.31. The normalized spacial score (nSPS) is 12.3. The third-order valence-electron chi connectivity index (χ3n) is 5.27. The first-order chi connectivity index (χ1) is 16.7. The van der Waals surface area contributed by atoms with E-state index >= 15 is 0 Å². The molecular formula is C24H27Cl2N3O5S. The molecule has 0 fully saturated rings. The van der Waals surface area contributed by atoms with Crippen molar-refractivity contribution >= 4 is 39.4 Å². The first-order valence-corrected chi connectivity index (χ1v) is 13.3. The van der Waals surface area contributed by atoms with Crippen molar-refractivity contribution < 1.29 is 22.1 Å². The van der Waals surface area contributed by atoms with E-state index in [1.54, 1.807) is 53.2 Å². The lowest BCUT2D eigenvalue weighted by Gasteiger charge is -2.17. The van der Waals surface area contributed by atoms with Crippen LogP contribution in [0.1, 0.15) is 36.6 Å². The molecule has 0 aliphatic carbocycles. The number of aromatic nitrogens is 2. The zero-order valence-electron chi connectivity index (χ0n) is 19.2. The van der Waals surface area contributed by atoms with Crippen LogP contribution in [0.3, 0.4) is 0 Å². The Morgan fingerprint density at radius 1 is 1.11 bits per heavy atom. The number of nitrogens with two attached hydrogens (primary N) is 1. The van der Waals surface area contributed by atoms with Gasteiger partial charge < -0.3 is 14.7 Å². The predicted molar refractivity (Wildman–Crippen MR) is 135 cm³/mol. The van der Waals surface area contributed by atoms with Crippen LogP contribution in [-0.4, -0.2) is 36.1 Å². The predicted octanol–water partition coefficient (Wildman–Crippen LogP) is 5.00. The van der Waals surface area contributed by atoms with Crippen LogP contribution >= 0.6 is 23.2 Å². The van der Waals surface area contributed by atoms with Gasteiger partial charge in [-0.3, -0.25) is 4.68 Å². The van der Waals surface area contributed by atoms with Gasteiger partial charge in [-0.05, 0) is 36.1 Å². The molecule has 0 aliphatic heterocycles. The summed E-state index contributed by atoms with van der Waals surface area (Å²) in [6, 6.07) is 15.9. The molecule has 0 radical (unpaired) electrons. The molecule has 8 nitrogen and oxygen atoms in total. The number of hydrogen-bond donors (Lipinski definition) is 1. The number of nitrogens with zero attached hydrogens (tertiary/aromatic N) is 2. The zero-order valence-corrected chi connectivity index (χ0v) is 21.5. The molecule has 0 saturated heterocycles. The van der Waals surface area contributed by atoms with Gasteiger partial charge in [-0.1, -0.05) is 72.9 Å². The molecule has 0 spiro atoms. The van der Waals surface area contributed by atoms with Gasteiger partial charge in [-0.2, -0.15) is 8.42 Å². The molecule has 11 heteroatoms. The number of carbonyl (C=O) groups is 1. The molecule has 1 atom stereocenters. The topological polar surface area (TPSA) is 114 Å². The first kappa shape index (κ1) is 26.8. The molecular weight excluding hydrogens is 513 g/mol. The minimum Gasteiger partial charge on any atom is -0.477 e. The molecule has 1 amide bonds. The van der Waals surface area contributed by atoms with Crippen molar-refractivity contribution in [1.29, 1.82) is 0 Å². The Kier molecular flexibility index (Phi) is 9.42. The first-order valence-electron chi connectivity index (χ1n) is 11.1. The van der Waals surface area contributed by atoms with E-state index in [1.807, 2.05) is 13.0 Å². The van der Waals surface area contributed by atoms with Gasteiger partial charge in [-0.25, -0.2) is 4.79 Å². The largest absolute Gasteiger partial charge is 0.477 e. The highest BCUT2D eigenvalue weighted by atomic mass is 35.5. The van der Waals surface area contributed by atoms with Crippen LogP contribution in [0.25, 0.3) is 0 Å². The van der Waals surface area contributed by atoms with Crippen LogP contribution in [0.4, 0.5) is 4.79 Å². The number of hydrogen-bond acceptors (Lipinski definition) is 6. The monoisotopic (exact) mass is 539 g/mol. The van der Waals surface area contributed by atoms with Gasteiger partial charge in [0, 0.05) is 28.2 Å². The Labute approximate surface area is 215 Å². The van der Waals surface area contributed by atoms with Crippen molar-refractivity contribution in [3.63, 3.8) is 0 Å². The van der Waals surface area contributed by atoms with Crippen LogP contribution in [0.5, 0.6) is 5.88 Å². The fourth-order valence-electron chi connectivity index (χ4n) is 3.50. The second kappa shape index (κ2) is 12.3. The number of unbranched alkanes of at least 4 members (excludes halogenated alkanes) is 1. The molecule has 3 rings (SSSR count). The lowest BCUT2D eigenvalue weighted by molar-refractivity contribution is 0.212. The van der Waals surface area contributed by atoms with Crippen LogP contribution in [-0.2, 0) is 33.7 Å². The molecule has 2 aromatic carbocycles. The van der Waals surface area contributed by atoms with Gasteiger partial charge in [-0.15, -0.1) is 5.10 Å². The van der Waals surface area contributed by atoms with E-state index in [9.17, 15) is 13.2 Å². The summed E-state index contributed by atoms with van der Waals surface area (Å²) in [6.07, 6.45) is 0.529. The SMILES string of the molecule is CCCCOc1cc(CC(Cc2ccccc2)S(=O)(=O)OC(N)=O)n(Cc2ccc(Cl)cc2Cl)n1. The van der Waals surface area contributed by atoms with Gasteiger partial charge in [0.2, 0.25) is 5.88 Å². The minimum absolute atomic E-state index is 0.000145. The molecule has 3 aromatic rings. The number of amides is 1. The van der Waals surface area contributed by atoms with Gasteiger partial charge in [0.1, 0.15) is 5.25 Å². The lowest BCUT2D eigenvalue weighted by Crippen LogP contribution is -2.32. The second-order valence-electron chi connectivity index (χ2n) is 7.98. The standard InChI is InChI=1S/C24H27Cl2N3O5S/c1-2-3-11-33-23-15-20(29(28-23)16-18-9-10-19(25)13-22(18)26)14-21(35(31,32)34-24(27)30)12-17-7-5-4-6-8-17/h4-10,13,15,21H,2-3,11-12,14,16H2,1H3,(H2,27,30). The Balaban J connectivity index is 1.96. The summed E-state index contributed by atoms with van der Waals surface area (Å²) in [5.74, 6) is 0.366. The third kappa shape index (κ3) is 7.88. The van der Waals surface area contributed by atoms with Crippen molar-refractivity contribution in [3.05, 3.63) is 81.5 Å². The zero-order chi connectivity index (χ0) is 25.4. The second-order valence-corrected chi connectivity index (χ2v) is 10.6. The number of carbonyl (C=O) groups excluding carboxylic acids is 1. The molecule has 0 saturated carbocycles. The van der Waals surface area contributed by atoms with E-state index in [-0.39, 0.29) is 19.4 Å². The summed E-state index contributed by atoms with van der Waals surface area (Å²) in [5, 5.41) is 4.38. The van der Waals surface area contributed by atoms with E-state index in [1.165, 1.54) is 0 Å². The van der Waals surface area contributed by atoms with Crippen molar-refractivity contribution in [2.24, 2.45) is 5.73 Å². The van der Waals surface area contributed by atoms with Crippen molar-refractivity contribution in [1.82, 2.24) is 9.78 Å². The Hall–Kier alpha value is -2.75. The number of primary amides is 1. The number of rotatable bonds is 12. The van der Waals surface area contributed by atoms with Crippen LogP contribution in [0.15, 0.2) is 54.6 Å². The summed E-state index contributed by atoms with van der Waals surface area (Å²) in [6.45, 7) is 2.79. The summed E-state index contributed by atoms with van der Waals surface area (Å²) in [7, 11) is -4.33. The fraction of sp³-hybridized carbons (Fsp3) is 0.333. The van der Waals surface area contributed by atoms with E-state index in [0.29, 0.717) is 28.2 Å². The van der Waals surface area contributed by atoms with E-state index < -0.39 is 21.5 Å². The highest BCUT2D eigenvalue weighted by Crippen LogP contribution is 2.25. The maximum Gasteiger partial charge on any atom is 0.420 e. The van der Waals surface area contributed by atoms with Gasteiger partial charge in [0.05, 0.1) is 13.2 Å². The highest BCUT2D eigenvalue weighted by molar-refractivity contribution is 7.87. The lowest BCUT2D eigenvalue weighted by atomic mass is 10.1. The van der Waals surface area contributed by atoms with Crippen LogP contribution in [0, 0.1) is 0 Å². The number of halogens is 2. The van der Waals surface area contributed by atoms with Crippen molar-refractivity contribution in [3.8, 4) is 5.88 Å². The number of ether oxygens (including phenoxy) is 1. The van der Waals surface area contributed by atoms with Crippen molar-refractivity contribution in [2.45, 2.75) is 44.4 Å². The Bertz CT molecular complexity index is 1250. The summed E-state index contributed by atoms with van der Waals surface area (Å²) in [5.41, 5.74) is 7.11. The molecule has 0 bridgehead atoms. The molecule has 1 aromatic heterocycles. The summed E-state index contributed by atoms with van der Waals surface area (Å²) >= 11 is 12.4. The van der Waals surface area contributed by atoms with Gasteiger partial charge in [0.15, 0.2) is 0 Å². The third-order valence-corrected chi connectivity index (χ3v) is 7.41.